The average Bonchev–Trinajstić information content (AvgIpc) is 3.40. The van der Waals surface area contributed by atoms with Crippen LogP contribution in [0.4, 0.5) is 5.13 Å². The van der Waals surface area contributed by atoms with Gasteiger partial charge in [0, 0.05) is 48.6 Å². The largest absolute Gasteiger partial charge is 0.337 e. The van der Waals surface area contributed by atoms with Crippen molar-refractivity contribution in [2.75, 3.05) is 18.4 Å². The molecule has 0 unspecified atom stereocenters. The maximum absolute atomic E-state index is 13.0. The van der Waals surface area contributed by atoms with Crippen molar-refractivity contribution in [3.8, 4) is 0 Å². The SMILES string of the molecule is CC(=O)Nc1nc(C(=O)N2CCC[C@@H](c3cc4nc5c(c(=O)n4[nH]3)CCCC5)C2)cs1. The Hall–Kier alpha value is -3.01. The van der Waals surface area contributed by atoms with Gasteiger partial charge >= 0.3 is 0 Å². The third-order valence-electron chi connectivity index (χ3n) is 6.06. The highest BCUT2D eigenvalue weighted by Crippen LogP contribution is 2.28. The van der Waals surface area contributed by atoms with Gasteiger partial charge in [0.05, 0.1) is 5.69 Å². The fourth-order valence-corrected chi connectivity index (χ4v) is 5.27. The van der Waals surface area contributed by atoms with Crippen LogP contribution in [0.1, 0.15) is 66.0 Å². The number of H-pyrrole nitrogens is 1. The molecule has 10 heteroatoms. The number of carbonyl (C=O) groups excluding carboxylic acids is 2. The van der Waals surface area contributed by atoms with Crippen LogP contribution in [0.25, 0.3) is 5.65 Å². The van der Waals surface area contributed by atoms with Crippen molar-refractivity contribution in [2.45, 2.75) is 51.4 Å². The molecule has 9 nitrogen and oxygen atoms in total. The van der Waals surface area contributed by atoms with E-state index in [0.29, 0.717) is 29.6 Å². The number of nitrogens with one attached hydrogen (secondary N) is 2. The van der Waals surface area contributed by atoms with E-state index in [1.165, 1.54) is 18.3 Å². The molecule has 1 aliphatic heterocycles. The van der Waals surface area contributed by atoms with E-state index in [1.807, 2.05) is 6.07 Å². The minimum atomic E-state index is -0.212. The average molecular weight is 441 g/mol. The minimum Gasteiger partial charge on any atom is -0.337 e. The first-order valence-electron chi connectivity index (χ1n) is 10.7. The molecule has 0 radical (unpaired) electrons. The highest BCUT2D eigenvalue weighted by Gasteiger charge is 2.28. The van der Waals surface area contributed by atoms with Crippen LogP contribution in [-0.4, -0.2) is 49.4 Å². The summed E-state index contributed by atoms with van der Waals surface area (Å²) in [5.41, 5.74) is 3.70. The molecule has 0 spiro atoms. The maximum atomic E-state index is 13.0. The highest BCUT2D eigenvalue weighted by atomic mass is 32.1. The van der Waals surface area contributed by atoms with Crippen LogP contribution < -0.4 is 10.9 Å². The zero-order chi connectivity index (χ0) is 21.5. The molecule has 3 aromatic rings. The maximum Gasteiger partial charge on any atom is 0.276 e. The Morgan fingerprint density at radius 1 is 1.23 bits per heavy atom. The highest BCUT2D eigenvalue weighted by molar-refractivity contribution is 7.14. The third-order valence-corrected chi connectivity index (χ3v) is 6.82. The number of hydrogen-bond acceptors (Lipinski definition) is 6. The van der Waals surface area contributed by atoms with E-state index < -0.39 is 0 Å². The Kier molecular flexibility index (Phi) is 5.09. The molecule has 162 valence electrons. The number of nitrogens with zero attached hydrogens (tertiary/aromatic N) is 4. The first kappa shape index (κ1) is 19.9. The lowest BCUT2D eigenvalue weighted by Crippen LogP contribution is -2.39. The van der Waals surface area contributed by atoms with Gasteiger partial charge in [0.1, 0.15) is 5.69 Å². The summed E-state index contributed by atoms with van der Waals surface area (Å²) in [6.45, 7) is 2.62. The van der Waals surface area contributed by atoms with Gasteiger partial charge in [0.15, 0.2) is 10.8 Å². The Morgan fingerprint density at radius 3 is 2.90 bits per heavy atom. The van der Waals surface area contributed by atoms with Crippen molar-refractivity contribution < 1.29 is 9.59 Å². The number of aryl methyl sites for hydroxylation is 1. The van der Waals surface area contributed by atoms with Crippen LogP contribution >= 0.6 is 11.3 Å². The zero-order valence-electron chi connectivity index (χ0n) is 17.3. The quantitative estimate of drug-likeness (QED) is 0.649. The van der Waals surface area contributed by atoms with Gasteiger partial charge in [-0.3, -0.25) is 19.5 Å². The minimum absolute atomic E-state index is 0.00247. The van der Waals surface area contributed by atoms with E-state index >= 15 is 0 Å². The van der Waals surface area contributed by atoms with Crippen molar-refractivity contribution in [3.05, 3.63) is 44.4 Å². The molecule has 0 bridgehead atoms. The first-order valence-corrected chi connectivity index (χ1v) is 11.5. The third kappa shape index (κ3) is 3.76. The summed E-state index contributed by atoms with van der Waals surface area (Å²) >= 11 is 1.24. The summed E-state index contributed by atoms with van der Waals surface area (Å²) in [7, 11) is 0. The molecular weight excluding hydrogens is 416 g/mol. The van der Waals surface area contributed by atoms with E-state index in [1.54, 1.807) is 14.8 Å². The van der Waals surface area contributed by atoms with Crippen molar-refractivity contribution in [2.24, 2.45) is 0 Å². The number of aromatic amines is 1. The predicted octanol–water partition coefficient (Wildman–Crippen LogP) is 2.34. The van der Waals surface area contributed by atoms with E-state index in [0.717, 1.165) is 55.5 Å². The summed E-state index contributed by atoms with van der Waals surface area (Å²) in [6, 6.07) is 1.95. The lowest BCUT2D eigenvalue weighted by Gasteiger charge is -2.31. The topological polar surface area (TPSA) is 112 Å². The number of fused-ring (bicyclic) bond motifs is 2. The molecule has 4 heterocycles. The number of amides is 2. The van der Waals surface area contributed by atoms with Gasteiger partial charge in [0.25, 0.3) is 11.5 Å². The van der Waals surface area contributed by atoms with E-state index in [-0.39, 0.29) is 23.3 Å². The van der Waals surface area contributed by atoms with Gasteiger partial charge in [-0.2, -0.15) is 0 Å². The van der Waals surface area contributed by atoms with Crippen molar-refractivity contribution in [1.29, 1.82) is 0 Å². The Bertz CT molecular complexity index is 1230. The van der Waals surface area contributed by atoms with Gasteiger partial charge in [-0.1, -0.05) is 0 Å². The number of hydrogen-bond donors (Lipinski definition) is 2. The monoisotopic (exact) mass is 440 g/mol. The molecule has 1 saturated heterocycles. The standard InChI is InChI=1S/C21H24N6O3S/c1-12(28)22-21-24-17(11-31-21)20(30)26-8-4-5-13(10-26)16-9-18-23-15-7-3-2-6-14(15)19(29)27(18)25-16/h9,11,13,25H,2-8,10H2,1H3,(H,22,24,28)/t13-/m1/s1. The van der Waals surface area contributed by atoms with Crippen LogP contribution in [0.15, 0.2) is 16.2 Å². The van der Waals surface area contributed by atoms with Gasteiger partial charge in [-0.15, -0.1) is 11.3 Å². The number of anilines is 1. The zero-order valence-corrected chi connectivity index (χ0v) is 18.1. The van der Waals surface area contributed by atoms with Gasteiger partial charge in [0.2, 0.25) is 5.91 Å². The van der Waals surface area contributed by atoms with Crippen LogP contribution in [-0.2, 0) is 17.6 Å². The summed E-state index contributed by atoms with van der Waals surface area (Å²) in [5, 5.41) is 7.97. The molecule has 2 aliphatic rings. The summed E-state index contributed by atoms with van der Waals surface area (Å²) < 4.78 is 1.56. The van der Waals surface area contributed by atoms with Gasteiger partial charge in [-0.05, 0) is 38.5 Å². The number of carbonyl (C=O) groups is 2. The number of rotatable bonds is 3. The second-order valence-electron chi connectivity index (χ2n) is 8.26. The molecule has 3 aromatic heterocycles. The van der Waals surface area contributed by atoms with Crippen molar-refractivity contribution in [1.82, 2.24) is 24.5 Å². The normalized spacial score (nSPS) is 18.7. The molecule has 1 fully saturated rings. The molecule has 31 heavy (non-hydrogen) atoms. The molecule has 5 rings (SSSR count). The number of thiazole rings is 1. The fraction of sp³-hybridized carbons (Fsp3) is 0.476. The summed E-state index contributed by atoms with van der Waals surface area (Å²) in [6.07, 6.45) is 5.56. The van der Waals surface area contributed by atoms with Crippen LogP contribution in [0.5, 0.6) is 0 Å². The van der Waals surface area contributed by atoms with E-state index in [4.69, 9.17) is 4.98 Å². The smallest absolute Gasteiger partial charge is 0.276 e. The molecule has 0 saturated carbocycles. The number of piperidine rings is 1. The van der Waals surface area contributed by atoms with Gasteiger partial charge in [-0.25, -0.2) is 14.5 Å². The molecule has 2 N–H and O–H groups in total. The number of likely N-dealkylation sites (tertiary alicyclic amines) is 1. The van der Waals surface area contributed by atoms with Crippen LogP contribution in [0.2, 0.25) is 0 Å². The first-order chi connectivity index (χ1) is 15.0. The fourth-order valence-electron chi connectivity index (χ4n) is 4.54. The number of aromatic nitrogens is 4. The molecule has 1 atom stereocenters. The molecule has 1 aliphatic carbocycles. The summed E-state index contributed by atoms with van der Waals surface area (Å²) in [5.74, 6) is -0.251. The second kappa shape index (κ2) is 7.92. The Morgan fingerprint density at radius 2 is 2.06 bits per heavy atom. The van der Waals surface area contributed by atoms with E-state index in [9.17, 15) is 14.4 Å². The summed E-state index contributed by atoms with van der Waals surface area (Å²) in [4.78, 5) is 47.8. The predicted molar refractivity (Wildman–Crippen MR) is 117 cm³/mol. The van der Waals surface area contributed by atoms with Crippen molar-refractivity contribution in [3.63, 3.8) is 0 Å². The Balaban J connectivity index is 1.37. The molecule has 0 aromatic carbocycles. The van der Waals surface area contributed by atoms with E-state index in [2.05, 4.69) is 15.4 Å². The van der Waals surface area contributed by atoms with Gasteiger partial charge < -0.3 is 10.2 Å². The lowest BCUT2D eigenvalue weighted by atomic mass is 9.94. The Labute approximate surface area is 182 Å². The molecule has 2 amide bonds. The lowest BCUT2D eigenvalue weighted by molar-refractivity contribution is -0.114. The van der Waals surface area contributed by atoms with Crippen LogP contribution in [0.3, 0.4) is 0 Å². The molecular formula is C21H24N6O3S. The van der Waals surface area contributed by atoms with Crippen LogP contribution in [0, 0.1) is 0 Å². The second-order valence-corrected chi connectivity index (χ2v) is 9.12. The van der Waals surface area contributed by atoms with Crippen molar-refractivity contribution >= 4 is 33.9 Å².